The number of aliphatic hydroxyl groups is 1. The van der Waals surface area contributed by atoms with Crippen LogP contribution in [0.4, 0.5) is 0 Å². The maximum atomic E-state index is 12.2. The molecule has 4 heteroatoms. The molecule has 5 atom stereocenters. The summed E-state index contributed by atoms with van der Waals surface area (Å²) in [4.78, 5) is 2.63. The minimum Gasteiger partial charge on any atom is -0.487 e. The molecule has 0 unspecified atom stereocenters. The normalized spacial score (nSPS) is 44.3. The van der Waals surface area contributed by atoms with Crippen LogP contribution in [-0.4, -0.2) is 53.9 Å². The lowest BCUT2D eigenvalue weighted by Crippen LogP contribution is -2.78. The number of hydrogen-bond donors (Lipinski definition) is 2. The molecule has 1 saturated heterocycles. The highest BCUT2D eigenvalue weighted by Gasteiger charge is 2.72. The van der Waals surface area contributed by atoms with Gasteiger partial charge in [-0.1, -0.05) is 12.1 Å². The highest BCUT2D eigenvalue weighted by molar-refractivity contribution is 5.57. The number of likely N-dealkylation sites (tertiary alicyclic amines) is 1. The number of hydrogen-bond acceptors (Lipinski definition) is 4. The van der Waals surface area contributed by atoms with Crippen molar-refractivity contribution in [1.29, 1.82) is 0 Å². The third-order valence-electron chi connectivity index (χ3n) is 8.03. The van der Waals surface area contributed by atoms with Crippen molar-refractivity contribution in [1.82, 2.24) is 10.2 Å². The van der Waals surface area contributed by atoms with Crippen LogP contribution in [0.15, 0.2) is 18.2 Å². The summed E-state index contributed by atoms with van der Waals surface area (Å²) in [6, 6.07) is 7.13. The molecule has 134 valence electrons. The first-order valence-corrected chi connectivity index (χ1v) is 10.1. The first-order valence-electron chi connectivity index (χ1n) is 10.1. The van der Waals surface area contributed by atoms with E-state index in [2.05, 4.69) is 28.4 Å². The molecule has 25 heavy (non-hydrogen) atoms. The Morgan fingerprint density at radius 3 is 2.96 bits per heavy atom. The average Bonchev–Trinajstić information content (AvgIpc) is 3.35. The first-order chi connectivity index (χ1) is 12.2. The molecule has 6 rings (SSSR count). The molecule has 2 saturated carbocycles. The standard InChI is InChI=1S/C21H28N2O2/c1-22-15-7-8-21(24)17-11-14-3-2-4-16-18(14)20(21,19(15)25-16)9-10-23(17)12-13-5-6-13/h2-4,13,15,17,19,22,24H,5-12H2,1H3/t15-,17+,19-,20-,21+/m0/s1. The van der Waals surface area contributed by atoms with Gasteiger partial charge < -0.3 is 15.2 Å². The van der Waals surface area contributed by atoms with E-state index in [0.29, 0.717) is 6.04 Å². The fourth-order valence-corrected chi connectivity index (χ4v) is 6.75. The van der Waals surface area contributed by atoms with Crippen molar-refractivity contribution >= 4 is 0 Å². The van der Waals surface area contributed by atoms with Crippen molar-refractivity contribution in [3.8, 4) is 5.75 Å². The Balaban J connectivity index is 1.54. The molecule has 0 amide bonds. The summed E-state index contributed by atoms with van der Waals surface area (Å²) in [6.45, 7) is 2.28. The van der Waals surface area contributed by atoms with E-state index >= 15 is 0 Å². The molecule has 2 aliphatic heterocycles. The molecule has 5 aliphatic rings. The Labute approximate surface area is 149 Å². The first kappa shape index (κ1) is 15.0. The summed E-state index contributed by atoms with van der Waals surface area (Å²) in [5, 5.41) is 15.7. The third kappa shape index (κ3) is 1.69. The van der Waals surface area contributed by atoms with Crippen molar-refractivity contribution in [2.45, 2.75) is 67.7 Å². The van der Waals surface area contributed by atoms with Crippen LogP contribution < -0.4 is 10.1 Å². The van der Waals surface area contributed by atoms with Gasteiger partial charge in [0.2, 0.25) is 0 Å². The minimum atomic E-state index is -0.641. The molecule has 1 aromatic carbocycles. The summed E-state index contributed by atoms with van der Waals surface area (Å²) in [5.41, 5.74) is 1.92. The Morgan fingerprint density at radius 2 is 2.16 bits per heavy atom. The van der Waals surface area contributed by atoms with Gasteiger partial charge in [0.1, 0.15) is 11.9 Å². The lowest BCUT2D eigenvalue weighted by Gasteiger charge is -2.64. The molecular formula is C21H28N2O2. The quantitative estimate of drug-likeness (QED) is 0.881. The van der Waals surface area contributed by atoms with Gasteiger partial charge in [-0.05, 0) is 69.7 Å². The van der Waals surface area contributed by atoms with E-state index in [1.807, 2.05) is 7.05 Å². The smallest absolute Gasteiger partial charge is 0.127 e. The predicted molar refractivity (Wildman–Crippen MR) is 96.0 cm³/mol. The number of likely N-dealkylation sites (N-methyl/N-ethyl adjacent to an activating group) is 1. The van der Waals surface area contributed by atoms with E-state index in [1.165, 1.54) is 30.5 Å². The third-order valence-corrected chi connectivity index (χ3v) is 8.03. The fourth-order valence-electron chi connectivity index (χ4n) is 6.75. The summed E-state index contributed by atoms with van der Waals surface area (Å²) >= 11 is 0. The van der Waals surface area contributed by atoms with Crippen LogP contribution in [0.25, 0.3) is 0 Å². The molecule has 2 N–H and O–H groups in total. The average molecular weight is 340 g/mol. The van der Waals surface area contributed by atoms with Crippen LogP contribution in [0.5, 0.6) is 5.75 Å². The Hall–Kier alpha value is -1.10. The van der Waals surface area contributed by atoms with Crippen LogP contribution in [0.1, 0.15) is 43.2 Å². The Bertz CT molecular complexity index is 733. The van der Waals surface area contributed by atoms with Crippen molar-refractivity contribution in [2.24, 2.45) is 5.92 Å². The number of piperidine rings is 1. The Morgan fingerprint density at radius 1 is 1.28 bits per heavy atom. The predicted octanol–water partition coefficient (Wildman–Crippen LogP) is 1.84. The topological polar surface area (TPSA) is 44.7 Å². The molecule has 3 aliphatic carbocycles. The van der Waals surface area contributed by atoms with Gasteiger partial charge >= 0.3 is 0 Å². The second-order valence-corrected chi connectivity index (χ2v) is 9.07. The number of benzene rings is 1. The van der Waals surface area contributed by atoms with E-state index in [-0.39, 0.29) is 17.6 Å². The largest absolute Gasteiger partial charge is 0.487 e. The summed E-state index contributed by atoms with van der Waals surface area (Å²) in [7, 11) is 2.04. The molecule has 2 bridgehead atoms. The van der Waals surface area contributed by atoms with E-state index in [1.54, 1.807) is 0 Å². The molecule has 0 aromatic heterocycles. The number of nitrogens with one attached hydrogen (secondary N) is 1. The van der Waals surface area contributed by atoms with Crippen molar-refractivity contribution in [2.75, 3.05) is 20.1 Å². The van der Waals surface area contributed by atoms with E-state index < -0.39 is 5.60 Å². The summed E-state index contributed by atoms with van der Waals surface area (Å²) in [5.74, 6) is 1.91. The van der Waals surface area contributed by atoms with Gasteiger partial charge in [0, 0.05) is 24.2 Å². The second-order valence-electron chi connectivity index (χ2n) is 9.07. The molecule has 4 nitrogen and oxygen atoms in total. The SMILES string of the molecule is CN[C@H]1CC[C@@]2(O)[C@H]3Cc4cccc5c4[C@@]2(CCN3CC2CC2)[C@H]1O5. The maximum Gasteiger partial charge on any atom is 0.127 e. The summed E-state index contributed by atoms with van der Waals surface area (Å²) < 4.78 is 6.53. The zero-order valence-electron chi connectivity index (χ0n) is 15.0. The van der Waals surface area contributed by atoms with Gasteiger partial charge in [-0.3, -0.25) is 4.90 Å². The van der Waals surface area contributed by atoms with E-state index in [4.69, 9.17) is 4.74 Å². The second kappa shape index (κ2) is 4.79. The lowest BCUT2D eigenvalue weighted by molar-refractivity contribution is -0.191. The lowest BCUT2D eigenvalue weighted by atomic mass is 9.48. The molecule has 1 aromatic rings. The fraction of sp³-hybridized carbons (Fsp3) is 0.714. The maximum absolute atomic E-state index is 12.2. The number of ether oxygens (including phenoxy) is 1. The van der Waals surface area contributed by atoms with Gasteiger partial charge in [0.05, 0.1) is 11.0 Å². The number of rotatable bonds is 3. The molecular weight excluding hydrogens is 312 g/mol. The van der Waals surface area contributed by atoms with Crippen LogP contribution in [-0.2, 0) is 11.8 Å². The van der Waals surface area contributed by atoms with Crippen LogP contribution in [0.3, 0.4) is 0 Å². The molecule has 1 spiro atoms. The molecule has 0 radical (unpaired) electrons. The van der Waals surface area contributed by atoms with Crippen LogP contribution >= 0.6 is 0 Å². The highest BCUT2D eigenvalue weighted by Crippen LogP contribution is 2.64. The zero-order chi connectivity index (χ0) is 16.8. The van der Waals surface area contributed by atoms with Crippen molar-refractivity contribution in [3.63, 3.8) is 0 Å². The van der Waals surface area contributed by atoms with Crippen molar-refractivity contribution in [3.05, 3.63) is 29.3 Å². The van der Waals surface area contributed by atoms with Gasteiger partial charge in [-0.25, -0.2) is 0 Å². The van der Waals surface area contributed by atoms with Crippen molar-refractivity contribution < 1.29 is 9.84 Å². The Kier molecular flexibility index (Phi) is 2.87. The van der Waals surface area contributed by atoms with Gasteiger partial charge in [0.15, 0.2) is 0 Å². The minimum absolute atomic E-state index is 0.0678. The molecule has 2 heterocycles. The van der Waals surface area contributed by atoms with Gasteiger partial charge in [-0.15, -0.1) is 0 Å². The van der Waals surface area contributed by atoms with Crippen LogP contribution in [0, 0.1) is 5.92 Å². The van der Waals surface area contributed by atoms with Gasteiger partial charge in [-0.2, -0.15) is 0 Å². The highest BCUT2D eigenvalue weighted by atomic mass is 16.5. The zero-order valence-corrected chi connectivity index (χ0v) is 15.0. The monoisotopic (exact) mass is 340 g/mol. The van der Waals surface area contributed by atoms with Crippen LogP contribution in [0.2, 0.25) is 0 Å². The molecule has 3 fully saturated rings. The number of nitrogens with zero attached hydrogens (tertiary/aromatic N) is 1. The van der Waals surface area contributed by atoms with Gasteiger partial charge in [0.25, 0.3) is 0 Å². The van der Waals surface area contributed by atoms with E-state index in [0.717, 1.165) is 43.9 Å². The summed E-state index contributed by atoms with van der Waals surface area (Å²) in [6.07, 6.45) is 6.71. The van der Waals surface area contributed by atoms with E-state index in [9.17, 15) is 5.11 Å².